The van der Waals surface area contributed by atoms with Crippen LogP contribution in [0.2, 0.25) is 0 Å². The van der Waals surface area contributed by atoms with Gasteiger partial charge in [0, 0.05) is 12.1 Å². The summed E-state index contributed by atoms with van der Waals surface area (Å²) in [5.74, 6) is -1.14. The first-order chi connectivity index (χ1) is 9.51. The summed E-state index contributed by atoms with van der Waals surface area (Å²) in [5, 5.41) is 12.1. The number of carbonyl (C=O) groups is 1. The van der Waals surface area contributed by atoms with Gasteiger partial charge in [0.1, 0.15) is 17.3 Å². The number of ether oxygens (including phenoxy) is 1. The van der Waals surface area contributed by atoms with Crippen LogP contribution in [0.5, 0.6) is 11.5 Å². The Balaban J connectivity index is 2.27. The van der Waals surface area contributed by atoms with Gasteiger partial charge in [-0.15, -0.1) is 0 Å². The molecule has 0 aliphatic carbocycles. The summed E-state index contributed by atoms with van der Waals surface area (Å²) < 4.78 is 17.9. The van der Waals surface area contributed by atoms with Gasteiger partial charge in [-0.1, -0.05) is 0 Å². The second kappa shape index (κ2) is 5.48. The summed E-state index contributed by atoms with van der Waals surface area (Å²) >= 11 is 0. The number of aromatic hydroxyl groups is 1. The molecule has 0 spiro atoms. The largest absolute Gasteiger partial charge is 0.507 e. The predicted molar refractivity (Wildman–Crippen MR) is 73.4 cm³/mol. The van der Waals surface area contributed by atoms with Gasteiger partial charge in [-0.05, 0) is 24.3 Å². The Labute approximate surface area is 114 Å². The predicted octanol–water partition coefficient (Wildman–Crippen LogP) is 2.37. The number of halogens is 1. The summed E-state index contributed by atoms with van der Waals surface area (Å²) in [6, 6.07) is 7.93. The SMILES string of the molecule is COc1ccc(N)c(NC(=O)c2ccc(F)cc2O)c1. The molecule has 104 valence electrons. The zero-order chi connectivity index (χ0) is 14.7. The zero-order valence-electron chi connectivity index (χ0n) is 10.7. The van der Waals surface area contributed by atoms with Crippen molar-refractivity contribution >= 4 is 17.3 Å². The molecule has 0 saturated carbocycles. The van der Waals surface area contributed by atoms with Gasteiger partial charge in [0.05, 0.1) is 24.0 Å². The molecule has 0 saturated heterocycles. The van der Waals surface area contributed by atoms with Crippen molar-refractivity contribution in [1.29, 1.82) is 0 Å². The van der Waals surface area contributed by atoms with E-state index in [4.69, 9.17) is 10.5 Å². The summed E-state index contributed by atoms with van der Waals surface area (Å²) in [6.07, 6.45) is 0. The number of nitrogens with two attached hydrogens (primary N) is 1. The number of nitrogens with one attached hydrogen (secondary N) is 1. The average Bonchev–Trinajstić information content (AvgIpc) is 2.41. The standard InChI is InChI=1S/C14H13FN2O3/c1-20-9-3-5-11(16)12(7-9)17-14(19)10-4-2-8(15)6-13(10)18/h2-7,18H,16H2,1H3,(H,17,19). The van der Waals surface area contributed by atoms with E-state index in [1.807, 2.05) is 0 Å². The number of amides is 1. The van der Waals surface area contributed by atoms with Gasteiger partial charge in [0.15, 0.2) is 0 Å². The molecule has 0 aliphatic rings. The molecule has 0 aliphatic heterocycles. The van der Waals surface area contributed by atoms with E-state index in [0.717, 1.165) is 12.1 Å². The van der Waals surface area contributed by atoms with Crippen molar-refractivity contribution in [2.75, 3.05) is 18.2 Å². The van der Waals surface area contributed by atoms with Crippen molar-refractivity contribution in [3.8, 4) is 11.5 Å². The molecule has 4 N–H and O–H groups in total. The number of rotatable bonds is 3. The minimum Gasteiger partial charge on any atom is -0.507 e. The first-order valence-corrected chi connectivity index (χ1v) is 5.74. The Kier molecular flexibility index (Phi) is 3.74. The van der Waals surface area contributed by atoms with Crippen LogP contribution < -0.4 is 15.8 Å². The highest BCUT2D eigenvalue weighted by Gasteiger charge is 2.13. The molecular weight excluding hydrogens is 263 g/mol. The van der Waals surface area contributed by atoms with Crippen LogP contribution in [0.15, 0.2) is 36.4 Å². The second-order valence-corrected chi connectivity index (χ2v) is 4.07. The smallest absolute Gasteiger partial charge is 0.259 e. The van der Waals surface area contributed by atoms with Crippen LogP contribution in [0.4, 0.5) is 15.8 Å². The fourth-order valence-electron chi connectivity index (χ4n) is 1.66. The Bertz CT molecular complexity index is 659. The first-order valence-electron chi connectivity index (χ1n) is 5.74. The third-order valence-electron chi connectivity index (χ3n) is 2.71. The molecule has 2 rings (SSSR count). The van der Waals surface area contributed by atoms with E-state index < -0.39 is 17.5 Å². The van der Waals surface area contributed by atoms with E-state index >= 15 is 0 Å². The molecule has 0 aromatic heterocycles. The number of anilines is 2. The number of methoxy groups -OCH3 is 1. The maximum absolute atomic E-state index is 12.9. The molecule has 0 atom stereocenters. The van der Waals surface area contributed by atoms with E-state index in [-0.39, 0.29) is 5.56 Å². The lowest BCUT2D eigenvalue weighted by molar-refractivity contribution is 0.102. The van der Waals surface area contributed by atoms with Crippen molar-refractivity contribution in [3.05, 3.63) is 47.8 Å². The molecule has 6 heteroatoms. The van der Waals surface area contributed by atoms with Gasteiger partial charge >= 0.3 is 0 Å². The number of phenolic OH excluding ortho intramolecular Hbond substituents is 1. The highest BCUT2D eigenvalue weighted by atomic mass is 19.1. The summed E-state index contributed by atoms with van der Waals surface area (Å²) in [7, 11) is 1.49. The zero-order valence-corrected chi connectivity index (χ0v) is 10.7. The second-order valence-electron chi connectivity index (χ2n) is 4.07. The molecule has 0 heterocycles. The fraction of sp³-hybridized carbons (Fsp3) is 0.0714. The monoisotopic (exact) mass is 276 g/mol. The molecule has 5 nitrogen and oxygen atoms in total. The number of hydrogen-bond donors (Lipinski definition) is 3. The lowest BCUT2D eigenvalue weighted by Gasteiger charge is -2.10. The Hall–Kier alpha value is -2.76. The van der Waals surface area contributed by atoms with Crippen LogP contribution >= 0.6 is 0 Å². The molecular formula is C14H13FN2O3. The van der Waals surface area contributed by atoms with E-state index in [2.05, 4.69) is 5.32 Å². The minimum absolute atomic E-state index is 0.0476. The molecule has 2 aromatic rings. The van der Waals surface area contributed by atoms with Gasteiger partial charge in [0.2, 0.25) is 0 Å². The first kappa shape index (κ1) is 13.7. The van der Waals surface area contributed by atoms with Crippen LogP contribution in [-0.4, -0.2) is 18.1 Å². The van der Waals surface area contributed by atoms with E-state index in [0.29, 0.717) is 17.1 Å². The van der Waals surface area contributed by atoms with Crippen molar-refractivity contribution in [1.82, 2.24) is 0 Å². The van der Waals surface area contributed by atoms with Crippen molar-refractivity contribution < 1.29 is 19.0 Å². The summed E-state index contributed by atoms with van der Waals surface area (Å²) in [5.41, 5.74) is 6.39. The molecule has 0 radical (unpaired) electrons. The molecule has 1 amide bonds. The third kappa shape index (κ3) is 2.80. The maximum Gasteiger partial charge on any atom is 0.259 e. The fourth-order valence-corrected chi connectivity index (χ4v) is 1.66. The van der Waals surface area contributed by atoms with Crippen LogP contribution in [-0.2, 0) is 0 Å². The van der Waals surface area contributed by atoms with Gasteiger partial charge in [-0.3, -0.25) is 4.79 Å². The topological polar surface area (TPSA) is 84.6 Å². The van der Waals surface area contributed by atoms with Gasteiger partial charge < -0.3 is 20.9 Å². The van der Waals surface area contributed by atoms with Crippen molar-refractivity contribution in [2.24, 2.45) is 0 Å². The third-order valence-corrected chi connectivity index (χ3v) is 2.71. The van der Waals surface area contributed by atoms with Gasteiger partial charge in [-0.25, -0.2) is 4.39 Å². The number of phenols is 1. The van der Waals surface area contributed by atoms with Crippen LogP contribution in [0.1, 0.15) is 10.4 Å². The Morgan fingerprint density at radius 1 is 1.30 bits per heavy atom. The number of nitrogen functional groups attached to an aromatic ring is 1. The highest BCUT2D eigenvalue weighted by molar-refractivity contribution is 6.07. The highest BCUT2D eigenvalue weighted by Crippen LogP contribution is 2.26. The summed E-state index contributed by atoms with van der Waals surface area (Å²) in [4.78, 5) is 12.0. The van der Waals surface area contributed by atoms with Gasteiger partial charge in [0.25, 0.3) is 5.91 Å². The molecule has 0 fully saturated rings. The van der Waals surface area contributed by atoms with Crippen molar-refractivity contribution in [3.63, 3.8) is 0 Å². The lowest BCUT2D eigenvalue weighted by Crippen LogP contribution is -2.13. The molecule has 0 unspecified atom stereocenters. The van der Waals surface area contributed by atoms with Crippen LogP contribution in [0.3, 0.4) is 0 Å². The Morgan fingerprint density at radius 3 is 2.70 bits per heavy atom. The molecule has 20 heavy (non-hydrogen) atoms. The molecule has 2 aromatic carbocycles. The summed E-state index contributed by atoms with van der Waals surface area (Å²) in [6.45, 7) is 0. The normalized spacial score (nSPS) is 10.1. The minimum atomic E-state index is -0.625. The van der Waals surface area contributed by atoms with E-state index in [9.17, 15) is 14.3 Å². The van der Waals surface area contributed by atoms with Crippen LogP contribution in [0, 0.1) is 5.82 Å². The quantitative estimate of drug-likeness (QED) is 0.751. The number of carbonyl (C=O) groups excluding carboxylic acids is 1. The van der Waals surface area contributed by atoms with E-state index in [1.165, 1.54) is 13.2 Å². The van der Waals surface area contributed by atoms with Gasteiger partial charge in [-0.2, -0.15) is 0 Å². The average molecular weight is 276 g/mol. The van der Waals surface area contributed by atoms with Crippen LogP contribution in [0.25, 0.3) is 0 Å². The van der Waals surface area contributed by atoms with E-state index in [1.54, 1.807) is 18.2 Å². The number of benzene rings is 2. The maximum atomic E-state index is 12.9. The Morgan fingerprint density at radius 2 is 2.05 bits per heavy atom. The molecule has 0 bridgehead atoms. The van der Waals surface area contributed by atoms with Crippen molar-refractivity contribution in [2.45, 2.75) is 0 Å². The lowest BCUT2D eigenvalue weighted by atomic mass is 10.1. The number of hydrogen-bond acceptors (Lipinski definition) is 4.